The van der Waals surface area contributed by atoms with E-state index in [-0.39, 0.29) is 6.10 Å². The Bertz CT molecular complexity index is 1290. The van der Waals surface area contributed by atoms with E-state index >= 15 is 0 Å². The number of aliphatic hydroxyl groups is 1. The first-order valence-corrected chi connectivity index (χ1v) is 14.6. The number of amides is 1. The number of nitrogens with zero attached hydrogens (tertiary/aromatic N) is 1. The molecule has 1 aliphatic rings. The van der Waals surface area contributed by atoms with Gasteiger partial charge in [0.25, 0.3) is 0 Å². The molecule has 0 bridgehead atoms. The number of hydrogen-bond acceptors (Lipinski definition) is 7. The Morgan fingerprint density at radius 2 is 1.55 bits per heavy atom. The van der Waals surface area contributed by atoms with Crippen LogP contribution in [0.4, 0.5) is 4.79 Å². The van der Waals surface area contributed by atoms with Crippen LogP contribution in [0.15, 0.2) is 84.9 Å². The first-order valence-electron chi connectivity index (χ1n) is 14.6. The Balaban J connectivity index is 1.37. The molecule has 1 unspecified atom stereocenters. The molecule has 0 radical (unpaired) electrons. The molecule has 1 aliphatic heterocycles. The summed E-state index contributed by atoms with van der Waals surface area (Å²) in [6, 6.07) is 26.1. The minimum atomic E-state index is -2.00. The zero-order chi connectivity index (χ0) is 30.0. The molecular weight excluding hydrogens is 532 g/mol. The molecule has 42 heavy (non-hydrogen) atoms. The second-order valence-corrected chi connectivity index (χ2v) is 11.6. The van der Waals surface area contributed by atoms with E-state index in [9.17, 15) is 14.7 Å². The summed E-state index contributed by atoms with van der Waals surface area (Å²) in [4.78, 5) is 27.9. The van der Waals surface area contributed by atoms with E-state index in [1.54, 1.807) is 48.5 Å². The van der Waals surface area contributed by atoms with E-state index in [1.807, 2.05) is 45.0 Å². The standard InChI is InChI=1S/C34H42N2O6/c1-33(2,3)42-32(38)35-20-11-23-40-30-17-10-16-28(24-30)34(39,27-14-8-5-9-15-27)31(37)41-29-18-21-36(22-19-29)25-26-12-6-4-7-13-26/h4-10,12-17,24,29,39H,11,18-23,25H2,1-3H3,(H,35,38). The molecule has 8 heteroatoms. The van der Waals surface area contributed by atoms with Crippen LogP contribution in [0.1, 0.15) is 56.7 Å². The quantitative estimate of drug-likeness (QED) is 0.233. The lowest BCUT2D eigenvalue weighted by atomic mass is 9.86. The van der Waals surface area contributed by atoms with Crippen LogP contribution in [-0.2, 0) is 26.4 Å². The van der Waals surface area contributed by atoms with E-state index in [0.29, 0.717) is 49.3 Å². The second kappa shape index (κ2) is 14.3. The molecule has 1 heterocycles. The van der Waals surface area contributed by atoms with Gasteiger partial charge >= 0.3 is 12.1 Å². The number of piperidine rings is 1. The third-order valence-electron chi connectivity index (χ3n) is 7.05. The van der Waals surface area contributed by atoms with Gasteiger partial charge in [0.05, 0.1) is 6.61 Å². The van der Waals surface area contributed by atoms with Crippen molar-refractivity contribution < 1.29 is 28.9 Å². The summed E-state index contributed by atoms with van der Waals surface area (Å²) in [5, 5.41) is 14.7. The number of alkyl carbamates (subject to hydrolysis) is 1. The number of hydrogen-bond donors (Lipinski definition) is 2. The minimum absolute atomic E-state index is 0.281. The highest BCUT2D eigenvalue weighted by Gasteiger charge is 2.43. The molecule has 8 nitrogen and oxygen atoms in total. The van der Waals surface area contributed by atoms with E-state index in [1.165, 1.54) is 5.56 Å². The van der Waals surface area contributed by atoms with Crippen LogP contribution >= 0.6 is 0 Å². The summed E-state index contributed by atoms with van der Waals surface area (Å²) in [5.41, 5.74) is -0.509. The van der Waals surface area contributed by atoms with Gasteiger partial charge in [0.1, 0.15) is 17.5 Å². The molecule has 4 rings (SSSR count). The van der Waals surface area contributed by atoms with Gasteiger partial charge in [-0.15, -0.1) is 0 Å². The van der Waals surface area contributed by atoms with Crippen LogP contribution < -0.4 is 10.1 Å². The van der Waals surface area contributed by atoms with Crippen LogP contribution in [-0.4, -0.2) is 60.0 Å². The largest absolute Gasteiger partial charge is 0.494 e. The lowest BCUT2D eigenvalue weighted by Crippen LogP contribution is -2.43. The Kier molecular flexibility index (Phi) is 10.6. The summed E-state index contributed by atoms with van der Waals surface area (Å²) in [5.74, 6) is -0.199. The molecule has 3 aromatic rings. The van der Waals surface area contributed by atoms with Gasteiger partial charge in [-0.2, -0.15) is 0 Å². The van der Waals surface area contributed by atoms with Crippen molar-refractivity contribution in [3.05, 3.63) is 102 Å². The first kappa shape index (κ1) is 31.1. The van der Waals surface area contributed by atoms with Gasteiger partial charge < -0.3 is 24.6 Å². The van der Waals surface area contributed by atoms with Gasteiger partial charge in [-0.25, -0.2) is 9.59 Å². The maximum absolute atomic E-state index is 13.7. The predicted molar refractivity (Wildman–Crippen MR) is 161 cm³/mol. The molecule has 0 spiro atoms. The highest BCUT2D eigenvalue weighted by atomic mass is 16.6. The number of nitrogens with one attached hydrogen (secondary N) is 1. The third-order valence-corrected chi connectivity index (χ3v) is 7.05. The number of likely N-dealkylation sites (tertiary alicyclic amines) is 1. The monoisotopic (exact) mass is 574 g/mol. The van der Waals surface area contributed by atoms with Crippen molar-refractivity contribution in [1.29, 1.82) is 0 Å². The number of carbonyl (C=O) groups excluding carboxylic acids is 2. The Hall–Kier alpha value is -3.88. The number of carbonyl (C=O) groups is 2. The smallest absolute Gasteiger partial charge is 0.407 e. The van der Waals surface area contributed by atoms with E-state index in [2.05, 4.69) is 22.3 Å². The van der Waals surface area contributed by atoms with Gasteiger partial charge in [0.15, 0.2) is 0 Å². The average Bonchev–Trinajstić information content (AvgIpc) is 2.98. The van der Waals surface area contributed by atoms with Crippen LogP contribution in [0.2, 0.25) is 0 Å². The zero-order valence-corrected chi connectivity index (χ0v) is 24.8. The molecule has 1 atom stereocenters. The molecule has 1 fully saturated rings. The van der Waals surface area contributed by atoms with E-state index < -0.39 is 23.3 Å². The Labute approximate surface area is 248 Å². The van der Waals surface area contributed by atoms with Gasteiger partial charge in [0, 0.05) is 31.7 Å². The molecule has 0 aromatic heterocycles. The Morgan fingerprint density at radius 3 is 2.21 bits per heavy atom. The van der Waals surface area contributed by atoms with Crippen LogP contribution in [0.3, 0.4) is 0 Å². The van der Waals surface area contributed by atoms with Crippen molar-refractivity contribution in [3.63, 3.8) is 0 Å². The number of esters is 1. The topological polar surface area (TPSA) is 97.3 Å². The molecule has 1 saturated heterocycles. The average molecular weight is 575 g/mol. The van der Waals surface area contributed by atoms with Crippen molar-refractivity contribution >= 4 is 12.1 Å². The fourth-order valence-corrected chi connectivity index (χ4v) is 4.92. The fourth-order valence-electron chi connectivity index (χ4n) is 4.92. The van der Waals surface area contributed by atoms with Crippen molar-refractivity contribution in [1.82, 2.24) is 10.2 Å². The van der Waals surface area contributed by atoms with Crippen molar-refractivity contribution in [2.45, 2.75) is 63.9 Å². The number of ether oxygens (including phenoxy) is 3. The molecular formula is C34H42N2O6. The second-order valence-electron chi connectivity index (χ2n) is 11.6. The lowest BCUT2D eigenvalue weighted by molar-refractivity contribution is -0.170. The van der Waals surface area contributed by atoms with Gasteiger partial charge in [-0.1, -0.05) is 72.8 Å². The maximum Gasteiger partial charge on any atom is 0.407 e. The van der Waals surface area contributed by atoms with Crippen LogP contribution in [0, 0.1) is 0 Å². The molecule has 3 aromatic carbocycles. The molecule has 2 N–H and O–H groups in total. The maximum atomic E-state index is 13.7. The summed E-state index contributed by atoms with van der Waals surface area (Å²) >= 11 is 0. The predicted octanol–water partition coefficient (Wildman–Crippen LogP) is 5.42. The summed E-state index contributed by atoms with van der Waals surface area (Å²) in [7, 11) is 0. The molecule has 224 valence electrons. The molecule has 0 saturated carbocycles. The molecule has 0 aliphatic carbocycles. The summed E-state index contributed by atoms with van der Waals surface area (Å²) in [6.45, 7) is 8.62. The summed E-state index contributed by atoms with van der Waals surface area (Å²) < 4.78 is 17.1. The Morgan fingerprint density at radius 1 is 0.905 bits per heavy atom. The van der Waals surface area contributed by atoms with Gasteiger partial charge in [-0.3, -0.25) is 4.90 Å². The highest BCUT2D eigenvalue weighted by Crippen LogP contribution is 2.34. The van der Waals surface area contributed by atoms with Crippen molar-refractivity contribution in [2.24, 2.45) is 0 Å². The van der Waals surface area contributed by atoms with Crippen molar-refractivity contribution in [3.8, 4) is 5.75 Å². The summed E-state index contributed by atoms with van der Waals surface area (Å²) in [6.07, 6.45) is 1.19. The van der Waals surface area contributed by atoms with Gasteiger partial charge in [0.2, 0.25) is 5.60 Å². The van der Waals surface area contributed by atoms with E-state index in [0.717, 1.165) is 19.6 Å². The fraction of sp³-hybridized carbons (Fsp3) is 0.412. The highest BCUT2D eigenvalue weighted by molar-refractivity contribution is 5.85. The third kappa shape index (κ3) is 8.81. The molecule has 1 amide bonds. The van der Waals surface area contributed by atoms with Crippen molar-refractivity contribution in [2.75, 3.05) is 26.2 Å². The number of rotatable bonds is 11. The first-order chi connectivity index (χ1) is 20.1. The van der Waals surface area contributed by atoms with Gasteiger partial charge in [-0.05, 0) is 63.3 Å². The normalized spacial score (nSPS) is 15.8. The number of benzene rings is 3. The lowest BCUT2D eigenvalue weighted by Gasteiger charge is -2.34. The van der Waals surface area contributed by atoms with Crippen LogP contribution in [0.25, 0.3) is 0 Å². The van der Waals surface area contributed by atoms with E-state index in [4.69, 9.17) is 14.2 Å². The van der Waals surface area contributed by atoms with Crippen LogP contribution in [0.5, 0.6) is 5.75 Å². The SMILES string of the molecule is CC(C)(C)OC(=O)NCCCOc1cccc(C(O)(C(=O)OC2CCN(Cc3ccccc3)CC2)c2ccccc2)c1. The minimum Gasteiger partial charge on any atom is -0.494 e. The zero-order valence-electron chi connectivity index (χ0n) is 24.8.